The third-order valence-electron chi connectivity index (χ3n) is 4.99. The van der Waals surface area contributed by atoms with Gasteiger partial charge in [0.05, 0.1) is 37.0 Å². The molecular formula is C19H20N6O. The number of aromatic amines is 1. The van der Waals surface area contributed by atoms with Crippen molar-refractivity contribution in [1.29, 1.82) is 0 Å². The molecule has 1 N–H and O–H groups in total. The third-order valence-corrected chi connectivity index (χ3v) is 4.99. The van der Waals surface area contributed by atoms with Gasteiger partial charge in [0.2, 0.25) is 0 Å². The maximum absolute atomic E-state index is 5.41. The van der Waals surface area contributed by atoms with Gasteiger partial charge in [0.15, 0.2) is 5.65 Å². The van der Waals surface area contributed by atoms with Gasteiger partial charge in [-0.2, -0.15) is 5.10 Å². The van der Waals surface area contributed by atoms with E-state index in [1.54, 1.807) is 6.33 Å². The van der Waals surface area contributed by atoms with E-state index in [9.17, 15) is 0 Å². The number of aromatic nitrogens is 5. The number of ether oxygens (including phenoxy) is 1. The zero-order valence-corrected chi connectivity index (χ0v) is 14.4. The number of nitrogens with one attached hydrogen (secondary N) is 1. The molecule has 4 heterocycles. The Hall–Kier alpha value is -2.77. The Balaban J connectivity index is 1.46. The Kier molecular flexibility index (Phi) is 3.88. The monoisotopic (exact) mass is 348 g/mol. The van der Waals surface area contributed by atoms with E-state index in [1.165, 1.54) is 5.39 Å². The first-order chi connectivity index (χ1) is 12.9. The molecule has 3 aromatic heterocycles. The van der Waals surface area contributed by atoms with Crippen LogP contribution < -0.4 is 0 Å². The Morgan fingerprint density at radius 2 is 2.00 bits per heavy atom. The second-order valence-electron chi connectivity index (χ2n) is 6.56. The van der Waals surface area contributed by atoms with E-state index < -0.39 is 0 Å². The van der Waals surface area contributed by atoms with E-state index in [0.29, 0.717) is 0 Å². The van der Waals surface area contributed by atoms with Crippen LogP contribution in [0.3, 0.4) is 0 Å². The van der Waals surface area contributed by atoms with Gasteiger partial charge in [-0.05, 0) is 17.5 Å². The molecule has 7 nitrogen and oxygen atoms in total. The molecule has 4 aromatic rings. The molecule has 0 radical (unpaired) electrons. The Morgan fingerprint density at radius 1 is 1.08 bits per heavy atom. The van der Waals surface area contributed by atoms with E-state index in [0.717, 1.165) is 67.2 Å². The van der Waals surface area contributed by atoms with Crippen LogP contribution in [0, 0.1) is 0 Å². The van der Waals surface area contributed by atoms with Crippen LogP contribution in [-0.2, 0) is 11.3 Å². The molecule has 0 saturated carbocycles. The van der Waals surface area contributed by atoms with Gasteiger partial charge in [0.1, 0.15) is 6.33 Å². The van der Waals surface area contributed by atoms with Crippen LogP contribution in [0.5, 0.6) is 0 Å². The predicted molar refractivity (Wildman–Crippen MR) is 99.9 cm³/mol. The van der Waals surface area contributed by atoms with Gasteiger partial charge in [-0.1, -0.05) is 12.1 Å². The number of hydrogen-bond acceptors (Lipinski definition) is 5. The fourth-order valence-corrected chi connectivity index (χ4v) is 3.54. The fraction of sp³-hybridized carbons (Fsp3) is 0.316. The molecule has 0 atom stereocenters. The lowest BCUT2D eigenvalue weighted by atomic mass is 10.1. The number of hydrogen-bond donors (Lipinski definition) is 1. The smallest absolute Gasteiger partial charge is 0.161 e. The van der Waals surface area contributed by atoms with Crippen LogP contribution in [0.15, 0.2) is 43.0 Å². The van der Waals surface area contributed by atoms with Crippen LogP contribution in [0.2, 0.25) is 0 Å². The molecule has 26 heavy (non-hydrogen) atoms. The summed E-state index contributed by atoms with van der Waals surface area (Å²) in [6.45, 7) is 5.36. The topological polar surface area (TPSA) is 71.9 Å². The average molecular weight is 348 g/mol. The van der Waals surface area contributed by atoms with Crippen molar-refractivity contribution in [3.05, 3.63) is 43.0 Å². The van der Waals surface area contributed by atoms with Crippen LogP contribution >= 0.6 is 0 Å². The van der Waals surface area contributed by atoms with Crippen LogP contribution in [0.25, 0.3) is 33.2 Å². The van der Waals surface area contributed by atoms with Gasteiger partial charge < -0.3 is 9.72 Å². The molecule has 1 aliphatic heterocycles. The maximum Gasteiger partial charge on any atom is 0.161 e. The average Bonchev–Trinajstić information content (AvgIpc) is 3.33. The van der Waals surface area contributed by atoms with Crippen molar-refractivity contribution in [1.82, 2.24) is 29.6 Å². The highest BCUT2D eigenvalue weighted by atomic mass is 16.5. The summed E-state index contributed by atoms with van der Waals surface area (Å²) in [5.41, 5.74) is 3.98. The van der Waals surface area contributed by atoms with Crippen LogP contribution in [-0.4, -0.2) is 62.5 Å². The van der Waals surface area contributed by atoms with E-state index in [4.69, 9.17) is 4.74 Å². The molecule has 1 saturated heterocycles. The molecule has 1 aliphatic rings. The SMILES string of the molecule is c1nc(-c2ccc3cc[nH]c3c2)c2cnn(CCN3CCOCC3)c2n1. The highest BCUT2D eigenvalue weighted by Gasteiger charge is 2.14. The predicted octanol–water partition coefficient (Wildman–Crippen LogP) is 2.31. The number of H-pyrrole nitrogens is 1. The number of nitrogens with zero attached hydrogens (tertiary/aromatic N) is 5. The van der Waals surface area contributed by atoms with Gasteiger partial charge in [0, 0.05) is 36.9 Å². The molecule has 0 amide bonds. The molecule has 0 bridgehead atoms. The van der Waals surface area contributed by atoms with Crippen molar-refractivity contribution < 1.29 is 4.74 Å². The molecule has 5 rings (SSSR count). The number of benzene rings is 1. The summed E-state index contributed by atoms with van der Waals surface area (Å²) in [4.78, 5) is 14.7. The highest BCUT2D eigenvalue weighted by molar-refractivity contribution is 5.93. The van der Waals surface area contributed by atoms with Gasteiger partial charge in [0.25, 0.3) is 0 Å². The largest absolute Gasteiger partial charge is 0.379 e. The molecule has 1 aromatic carbocycles. The van der Waals surface area contributed by atoms with E-state index >= 15 is 0 Å². The molecule has 0 unspecified atom stereocenters. The minimum atomic E-state index is 0.813. The summed E-state index contributed by atoms with van der Waals surface area (Å²) >= 11 is 0. The number of fused-ring (bicyclic) bond motifs is 2. The van der Waals surface area contributed by atoms with Crippen LogP contribution in [0.4, 0.5) is 0 Å². The highest BCUT2D eigenvalue weighted by Crippen LogP contribution is 2.27. The quantitative estimate of drug-likeness (QED) is 0.613. The standard InChI is InChI=1S/C19H20N6O/c1-2-15(11-17-14(1)3-4-20-17)18-16-12-23-25(19(16)22-13-21-18)6-5-24-7-9-26-10-8-24/h1-4,11-13,20H,5-10H2. The van der Waals surface area contributed by atoms with Crippen molar-refractivity contribution in [3.8, 4) is 11.3 Å². The first kappa shape index (κ1) is 15.5. The number of rotatable bonds is 4. The van der Waals surface area contributed by atoms with Gasteiger partial charge in [-0.15, -0.1) is 0 Å². The second kappa shape index (κ2) is 6.51. The van der Waals surface area contributed by atoms with Crippen molar-refractivity contribution >= 4 is 21.9 Å². The lowest BCUT2D eigenvalue weighted by molar-refractivity contribution is 0.0361. The lowest BCUT2D eigenvalue weighted by Gasteiger charge is -2.26. The summed E-state index contributed by atoms with van der Waals surface area (Å²) in [5, 5.41) is 6.75. The van der Waals surface area contributed by atoms with Crippen LogP contribution in [0.1, 0.15) is 0 Å². The fourth-order valence-electron chi connectivity index (χ4n) is 3.54. The third kappa shape index (κ3) is 2.75. The van der Waals surface area contributed by atoms with E-state index in [2.05, 4.69) is 49.2 Å². The van der Waals surface area contributed by atoms with Gasteiger partial charge in [-0.25, -0.2) is 14.6 Å². The lowest BCUT2D eigenvalue weighted by Crippen LogP contribution is -2.38. The Labute approximate surface area is 150 Å². The first-order valence-corrected chi connectivity index (χ1v) is 8.93. The van der Waals surface area contributed by atoms with Crippen molar-refractivity contribution in [2.24, 2.45) is 0 Å². The van der Waals surface area contributed by atoms with Crippen molar-refractivity contribution in [2.75, 3.05) is 32.8 Å². The molecule has 132 valence electrons. The summed E-state index contributed by atoms with van der Waals surface area (Å²) in [7, 11) is 0. The minimum Gasteiger partial charge on any atom is -0.379 e. The molecule has 0 spiro atoms. The summed E-state index contributed by atoms with van der Waals surface area (Å²) in [5.74, 6) is 0. The molecule has 0 aliphatic carbocycles. The summed E-state index contributed by atoms with van der Waals surface area (Å²) < 4.78 is 7.38. The Morgan fingerprint density at radius 3 is 2.92 bits per heavy atom. The zero-order valence-electron chi connectivity index (χ0n) is 14.4. The molecular weight excluding hydrogens is 328 g/mol. The summed E-state index contributed by atoms with van der Waals surface area (Å²) in [6.07, 6.45) is 5.46. The van der Waals surface area contributed by atoms with Gasteiger partial charge in [-0.3, -0.25) is 4.90 Å². The molecule has 7 heteroatoms. The summed E-state index contributed by atoms with van der Waals surface area (Å²) in [6, 6.07) is 8.40. The van der Waals surface area contributed by atoms with Crippen molar-refractivity contribution in [2.45, 2.75) is 6.54 Å². The maximum atomic E-state index is 5.41. The Bertz CT molecular complexity index is 1050. The van der Waals surface area contributed by atoms with Crippen molar-refractivity contribution in [3.63, 3.8) is 0 Å². The first-order valence-electron chi connectivity index (χ1n) is 8.93. The second-order valence-corrected chi connectivity index (χ2v) is 6.56. The normalized spacial score (nSPS) is 15.8. The van der Waals surface area contributed by atoms with Gasteiger partial charge >= 0.3 is 0 Å². The van der Waals surface area contributed by atoms with E-state index in [-0.39, 0.29) is 0 Å². The number of morpholine rings is 1. The molecule has 1 fully saturated rings. The van der Waals surface area contributed by atoms with E-state index in [1.807, 2.05) is 17.1 Å². The minimum absolute atomic E-state index is 0.813. The zero-order chi connectivity index (χ0) is 17.3.